The Kier molecular flexibility index (Phi) is 5.59. The van der Waals surface area contributed by atoms with E-state index in [9.17, 15) is 9.90 Å². The molecule has 1 aliphatic rings. The number of hydrogen-bond acceptors (Lipinski definition) is 2. The van der Waals surface area contributed by atoms with Gasteiger partial charge in [0, 0.05) is 32.4 Å². The molecule has 1 N–H and O–H groups in total. The van der Waals surface area contributed by atoms with Gasteiger partial charge in [-0.1, -0.05) is 37.3 Å². The molecule has 0 unspecified atom stereocenters. The van der Waals surface area contributed by atoms with Crippen molar-refractivity contribution in [3.63, 3.8) is 0 Å². The molecule has 0 spiro atoms. The van der Waals surface area contributed by atoms with Crippen molar-refractivity contribution in [1.29, 1.82) is 0 Å². The van der Waals surface area contributed by atoms with Crippen LogP contribution in [0.5, 0.6) is 0 Å². The van der Waals surface area contributed by atoms with Gasteiger partial charge in [0.2, 0.25) is 0 Å². The van der Waals surface area contributed by atoms with E-state index in [2.05, 4.69) is 23.6 Å². The van der Waals surface area contributed by atoms with Crippen LogP contribution in [0.4, 0.5) is 0 Å². The summed E-state index contributed by atoms with van der Waals surface area (Å²) in [5, 5.41) is 9.67. The number of nitrogens with zero attached hydrogens (tertiary/aromatic N) is 2. The molecule has 0 atom stereocenters. The second-order valence-electron chi connectivity index (χ2n) is 7.13. The molecule has 4 nitrogen and oxygen atoms in total. The maximum atomic E-state index is 12.9. The molecule has 0 radical (unpaired) electrons. The van der Waals surface area contributed by atoms with Crippen LogP contribution < -0.4 is 0 Å². The number of piperidine rings is 1. The maximum absolute atomic E-state index is 12.9. The van der Waals surface area contributed by atoms with Crippen LogP contribution in [0, 0.1) is 5.41 Å². The van der Waals surface area contributed by atoms with Gasteiger partial charge in [-0.3, -0.25) is 4.79 Å². The summed E-state index contributed by atoms with van der Waals surface area (Å²) < 4.78 is 2.06. The van der Waals surface area contributed by atoms with Crippen LogP contribution in [-0.4, -0.2) is 40.2 Å². The molecule has 0 saturated carbocycles. The summed E-state index contributed by atoms with van der Waals surface area (Å²) in [6.07, 6.45) is 5.65. The number of carbonyl (C=O) groups excluding carboxylic acids is 1. The first kappa shape index (κ1) is 17.7. The highest BCUT2D eigenvalue weighted by molar-refractivity contribution is 5.92. The molecule has 0 bridgehead atoms. The average Bonchev–Trinajstić information content (AvgIpc) is 3.15. The summed E-state index contributed by atoms with van der Waals surface area (Å²) in [7, 11) is 0. The van der Waals surface area contributed by atoms with Crippen molar-refractivity contribution in [2.75, 3.05) is 19.7 Å². The minimum absolute atomic E-state index is 0.00604. The Morgan fingerprint density at radius 1 is 1.12 bits per heavy atom. The standard InChI is InChI=1S/C21H28N2O2/c1-2-21(17-24)11-15-23(16-12-21)20(25)19-9-6-13-22(19)14-10-18-7-4-3-5-8-18/h3-9,13,24H,2,10-12,14-17H2,1H3. The van der Waals surface area contributed by atoms with Gasteiger partial charge in [-0.05, 0) is 48.8 Å². The molecule has 2 heterocycles. The first-order chi connectivity index (χ1) is 12.2. The molecule has 1 fully saturated rings. The van der Waals surface area contributed by atoms with Crippen LogP contribution in [0.25, 0.3) is 0 Å². The number of aromatic nitrogens is 1. The van der Waals surface area contributed by atoms with Crippen molar-refractivity contribution in [3.8, 4) is 0 Å². The Balaban J connectivity index is 1.63. The van der Waals surface area contributed by atoms with Crippen LogP contribution in [0.2, 0.25) is 0 Å². The number of carbonyl (C=O) groups is 1. The van der Waals surface area contributed by atoms with E-state index in [4.69, 9.17) is 0 Å². The first-order valence-electron chi connectivity index (χ1n) is 9.27. The Hall–Kier alpha value is -2.07. The lowest BCUT2D eigenvalue weighted by Crippen LogP contribution is -2.44. The number of aryl methyl sites for hydroxylation is 2. The molecular weight excluding hydrogens is 312 g/mol. The predicted octanol–water partition coefficient (Wildman–Crippen LogP) is 3.36. The van der Waals surface area contributed by atoms with Crippen molar-refractivity contribution in [2.45, 2.75) is 39.2 Å². The van der Waals surface area contributed by atoms with E-state index in [1.807, 2.05) is 41.4 Å². The molecule has 1 aromatic heterocycles. The van der Waals surface area contributed by atoms with Crippen LogP contribution in [0.1, 0.15) is 42.2 Å². The predicted molar refractivity (Wildman–Crippen MR) is 99.5 cm³/mol. The van der Waals surface area contributed by atoms with Gasteiger partial charge in [0.15, 0.2) is 0 Å². The van der Waals surface area contributed by atoms with Gasteiger partial charge in [-0.2, -0.15) is 0 Å². The third-order valence-corrected chi connectivity index (χ3v) is 5.73. The average molecular weight is 340 g/mol. The molecule has 134 valence electrons. The minimum Gasteiger partial charge on any atom is -0.396 e. The first-order valence-corrected chi connectivity index (χ1v) is 9.27. The van der Waals surface area contributed by atoms with E-state index in [1.165, 1.54) is 5.56 Å². The number of likely N-dealkylation sites (tertiary alicyclic amines) is 1. The second-order valence-corrected chi connectivity index (χ2v) is 7.13. The lowest BCUT2D eigenvalue weighted by Gasteiger charge is -2.40. The maximum Gasteiger partial charge on any atom is 0.270 e. The lowest BCUT2D eigenvalue weighted by molar-refractivity contribution is 0.0332. The zero-order chi connectivity index (χ0) is 17.7. The van der Waals surface area contributed by atoms with Crippen LogP contribution in [0.15, 0.2) is 48.7 Å². The van der Waals surface area contributed by atoms with Gasteiger partial charge in [0.1, 0.15) is 5.69 Å². The van der Waals surface area contributed by atoms with Gasteiger partial charge in [-0.25, -0.2) is 0 Å². The van der Waals surface area contributed by atoms with E-state index in [0.29, 0.717) is 0 Å². The van der Waals surface area contributed by atoms with Crippen LogP contribution >= 0.6 is 0 Å². The normalized spacial score (nSPS) is 16.8. The van der Waals surface area contributed by atoms with Crippen molar-refractivity contribution in [1.82, 2.24) is 9.47 Å². The number of rotatable bonds is 6. The minimum atomic E-state index is 0.00604. The summed E-state index contributed by atoms with van der Waals surface area (Å²) in [5.74, 6) is 0.112. The Morgan fingerprint density at radius 3 is 2.48 bits per heavy atom. The third-order valence-electron chi connectivity index (χ3n) is 5.73. The van der Waals surface area contributed by atoms with E-state index < -0.39 is 0 Å². The van der Waals surface area contributed by atoms with Crippen molar-refractivity contribution in [2.24, 2.45) is 5.41 Å². The fraction of sp³-hybridized carbons (Fsp3) is 0.476. The Labute approximate surface area is 150 Å². The molecule has 25 heavy (non-hydrogen) atoms. The molecule has 3 rings (SSSR count). The molecule has 1 amide bonds. The van der Waals surface area contributed by atoms with Crippen molar-refractivity contribution in [3.05, 3.63) is 59.9 Å². The summed E-state index contributed by atoms with van der Waals surface area (Å²) in [6.45, 7) is 4.62. The summed E-state index contributed by atoms with van der Waals surface area (Å²) >= 11 is 0. The smallest absolute Gasteiger partial charge is 0.270 e. The van der Waals surface area contributed by atoms with E-state index in [0.717, 1.165) is 51.0 Å². The molecule has 0 aliphatic carbocycles. The highest BCUT2D eigenvalue weighted by atomic mass is 16.3. The molecule has 1 saturated heterocycles. The lowest BCUT2D eigenvalue weighted by atomic mass is 9.77. The number of amides is 1. The van der Waals surface area contributed by atoms with E-state index >= 15 is 0 Å². The third kappa shape index (κ3) is 3.96. The van der Waals surface area contributed by atoms with Crippen molar-refractivity contribution >= 4 is 5.91 Å². The van der Waals surface area contributed by atoms with E-state index in [1.54, 1.807) is 0 Å². The molecular formula is C21H28N2O2. The largest absolute Gasteiger partial charge is 0.396 e. The summed E-state index contributed by atoms with van der Waals surface area (Å²) in [4.78, 5) is 14.9. The Bertz CT molecular complexity index is 679. The van der Waals surface area contributed by atoms with Gasteiger partial charge in [0.05, 0.1) is 0 Å². The van der Waals surface area contributed by atoms with Gasteiger partial charge >= 0.3 is 0 Å². The van der Waals surface area contributed by atoms with Gasteiger partial charge < -0.3 is 14.6 Å². The molecule has 1 aromatic carbocycles. The number of aliphatic hydroxyl groups excluding tert-OH is 1. The summed E-state index contributed by atoms with van der Waals surface area (Å²) in [6, 6.07) is 14.2. The fourth-order valence-electron chi connectivity index (χ4n) is 3.67. The topological polar surface area (TPSA) is 45.5 Å². The van der Waals surface area contributed by atoms with Crippen molar-refractivity contribution < 1.29 is 9.90 Å². The highest BCUT2D eigenvalue weighted by Crippen LogP contribution is 2.34. The van der Waals surface area contributed by atoms with Crippen LogP contribution in [0.3, 0.4) is 0 Å². The zero-order valence-electron chi connectivity index (χ0n) is 15.0. The SMILES string of the molecule is CCC1(CO)CCN(C(=O)c2cccn2CCc2ccccc2)CC1. The summed E-state index contributed by atoms with van der Waals surface area (Å²) in [5.41, 5.74) is 2.05. The monoisotopic (exact) mass is 340 g/mol. The molecule has 4 heteroatoms. The number of aliphatic hydroxyl groups is 1. The van der Waals surface area contributed by atoms with Gasteiger partial charge in [-0.15, -0.1) is 0 Å². The highest BCUT2D eigenvalue weighted by Gasteiger charge is 2.34. The Morgan fingerprint density at radius 2 is 1.84 bits per heavy atom. The molecule has 2 aromatic rings. The van der Waals surface area contributed by atoms with Crippen LogP contribution in [-0.2, 0) is 13.0 Å². The number of hydrogen-bond donors (Lipinski definition) is 1. The molecule has 1 aliphatic heterocycles. The second kappa shape index (κ2) is 7.87. The number of benzene rings is 1. The fourth-order valence-corrected chi connectivity index (χ4v) is 3.67. The quantitative estimate of drug-likeness (QED) is 0.876. The van der Waals surface area contributed by atoms with Gasteiger partial charge in [0.25, 0.3) is 5.91 Å². The zero-order valence-corrected chi connectivity index (χ0v) is 15.0. The van der Waals surface area contributed by atoms with E-state index in [-0.39, 0.29) is 17.9 Å².